The van der Waals surface area contributed by atoms with E-state index >= 15 is 0 Å². The van der Waals surface area contributed by atoms with Crippen LogP contribution in [0.15, 0.2) is 30.5 Å². The number of hydrogen-bond donors (Lipinski definition) is 0. The maximum absolute atomic E-state index is 13.6. The van der Waals surface area contributed by atoms with Crippen molar-refractivity contribution in [2.45, 2.75) is 19.9 Å². The van der Waals surface area contributed by atoms with Gasteiger partial charge in [0.15, 0.2) is 5.13 Å². The zero-order chi connectivity index (χ0) is 21.1. The van der Waals surface area contributed by atoms with E-state index in [1.807, 2.05) is 32.0 Å². The largest absolute Gasteiger partial charge is 0.497 e. The Morgan fingerprint density at radius 2 is 2.10 bits per heavy atom. The summed E-state index contributed by atoms with van der Waals surface area (Å²) in [5.41, 5.74) is 1.40. The number of aromatic nitrogens is 3. The maximum Gasteiger partial charge on any atom is 0.278 e. The number of methoxy groups -OCH3 is 1. The number of hydrogen-bond acceptors (Lipinski definition) is 7. The van der Waals surface area contributed by atoms with E-state index in [-0.39, 0.29) is 11.9 Å². The zero-order valence-corrected chi connectivity index (χ0v) is 18.4. The Kier molecular flexibility index (Phi) is 6.31. The minimum Gasteiger partial charge on any atom is -0.497 e. The summed E-state index contributed by atoms with van der Waals surface area (Å²) in [5, 5.41) is 5.02. The fourth-order valence-corrected chi connectivity index (χ4v) is 4.49. The number of carbonyl (C=O) groups is 1. The van der Waals surface area contributed by atoms with Gasteiger partial charge in [0, 0.05) is 44.5 Å². The molecule has 1 fully saturated rings. The number of benzene rings is 1. The van der Waals surface area contributed by atoms with E-state index in [2.05, 4.69) is 10.00 Å². The Morgan fingerprint density at radius 3 is 2.83 bits per heavy atom. The van der Waals surface area contributed by atoms with Crippen LogP contribution in [0.2, 0.25) is 0 Å². The molecule has 1 saturated heterocycles. The second-order valence-corrected chi connectivity index (χ2v) is 8.50. The number of ether oxygens (including phenoxy) is 2. The number of morpholine rings is 1. The molecule has 2 aromatic heterocycles. The van der Waals surface area contributed by atoms with Gasteiger partial charge in [0.2, 0.25) is 0 Å². The van der Waals surface area contributed by atoms with Crippen molar-refractivity contribution in [1.82, 2.24) is 19.7 Å². The van der Waals surface area contributed by atoms with Crippen LogP contribution in [0.1, 0.15) is 30.4 Å². The molecule has 0 aliphatic carbocycles. The molecule has 0 unspecified atom stereocenters. The highest BCUT2D eigenvalue weighted by Crippen LogP contribution is 2.32. The second-order valence-electron chi connectivity index (χ2n) is 7.50. The molecule has 0 N–H and O–H groups in total. The van der Waals surface area contributed by atoms with Gasteiger partial charge in [0.05, 0.1) is 30.5 Å². The molecule has 0 atom stereocenters. The summed E-state index contributed by atoms with van der Waals surface area (Å²) in [6.07, 6.45) is 1.68. The Bertz CT molecular complexity index is 1010. The number of thiazole rings is 1. The van der Waals surface area contributed by atoms with Gasteiger partial charge in [0.25, 0.3) is 5.91 Å². The van der Waals surface area contributed by atoms with Crippen molar-refractivity contribution in [3.8, 4) is 5.75 Å². The van der Waals surface area contributed by atoms with Gasteiger partial charge in [-0.3, -0.25) is 19.3 Å². The summed E-state index contributed by atoms with van der Waals surface area (Å²) in [4.78, 5) is 22.4. The normalized spacial score (nSPS) is 15.1. The minimum absolute atomic E-state index is 0.0829. The highest BCUT2D eigenvalue weighted by atomic mass is 32.1. The topological polar surface area (TPSA) is 72.7 Å². The summed E-state index contributed by atoms with van der Waals surface area (Å²) in [7, 11) is 1.64. The molecule has 1 aliphatic heterocycles. The summed E-state index contributed by atoms with van der Waals surface area (Å²) in [6.45, 7) is 8.58. The van der Waals surface area contributed by atoms with Gasteiger partial charge in [-0.25, -0.2) is 4.98 Å². The molecule has 0 radical (unpaired) electrons. The lowest BCUT2D eigenvalue weighted by atomic mass is 10.3. The van der Waals surface area contributed by atoms with Crippen LogP contribution >= 0.6 is 11.3 Å². The molecule has 3 heterocycles. The summed E-state index contributed by atoms with van der Waals surface area (Å²) in [6, 6.07) is 7.68. The smallest absolute Gasteiger partial charge is 0.278 e. The average molecular weight is 430 g/mol. The molecule has 0 spiro atoms. The van der Waals surface area contributed by atoms with Crippen LogP contribution in [0, 0.1) is 0 Å². The molecule has 3 aromatic rings. The third-order valence-corrected chi connectivity index (χ3v) is 6.24. The van der Waals surface area contributed by atoms with Crippen molar-refractivity contribution in [2.24, 2.45) is 0 Å². The molecular weight excluding hydrogens is 402 g/mol. The zero-order valence-electron chi connectivity index (χ0n) is 17.6. The van der Waals surface area contributed by atoms with Crippen molar-refractivity contribution in [3.63, 3.8) is 0 Å². The van der Waals surface area contributed by atoms with Crippen LogP contribution in [0.4, 0.5) is 5.13 Å². The number of rotatable bonds is 7. The molecule has 8 nitrogen and oxygen atoms in total. The molecule has 9 heteroatoms. The standard InChI is InChI=1S/C21H27N5O3S/c1-15(2)26-18(6-7-22-26)20(27)25(9-8-24-10-12-29-13-11-24)21-23-17-14-16(28-3)4-5-19(17)30-21/h4-7,14-15H,8-13H2,1-3H3. The molecule has 0 bridgehead atoms. The third kappa shape index (κ3) is 4.33. The van der Waals surface area contributed by atoms with Gasteiger partial charge < -0.3 is 9.47 Å². The van der Waals surface area contributed by atoms with E-state index in [4.69, 9.17) is 14.5 Å². The number of amides is 1. The van der Waals surface area contributed by atoms with Crippen LogP contribution in [0.25, 0.3) is 10.2 Å². The van der Waals surface area contributed by atoms with Crippen LogP contribution in [-0.4, -0.2) is 72.1 Å². The first kappa shape index (κ1) is 20.8. The first-order valence-electron chi connectivity index (χ1n) is 10.2. The van der Waals surface area contributed by atoms with Gasteiger partial charge in [-0.1, -0.05) is 11.3 Å². The first-order chi connectivity index (χ1) is 14.6. The number of nitrogens with zero attached hydrogens (tertiary/aromatic N) is 5. The molecule has 1 amide bonds. The fraction of sp³-hybridized carbons (Fsp3) is 0.476. The van der Waals surface area contributed by atoms with Crippen molar-refractivity contribution in [1.29, 1.82) is 0 Å². The Balaban J connectivity index is 1.65. The van der Waals surface area contributed by atoms with Crippen molar-refractivity contribution in [3.05, 3.63) is 36.2 Å². The van der Waals surface area contributed by atoms with Gasteiger partial charge in [-0.2, -0.15) is 5.10 Å². The highest BCUT2D eigenvalue weighted by Gasteiger charge is 2.26. The lowest BCUT2D eigenvalue weighted by molar-refractivity contribution is 0.0391. The van der Waals surface area contributed by atoms with Crippen molar-refractivity contribution in [2.75, 3.05) is 51.4 Å². The SMILES string of the molecule is COc1ccc2sc(N(CCN3CCOCC3)C(=O)c3ccnn3C(C)C)nc2c1. The number of anilines is 1. The molecule has 1 aromatic carbocycles. The van der Waals surface area contributed by atoms with E-state index in [0.29, 0.717) is 17.4 Å². The fourth-order valence-electron chi connectivity index (χ4n) is 3.52. The summed E-state index contributed by atoms with van der Waals surface area (Å²) in [5.74, 6) is 0.670. The molecular formula is C21H27N5O3S. The highest BCUT2D eigenvalue weighted by molar-refractivity contribution is 7.22. The molecule has 1 aliphatic rings. The predicted octanol–water partition coefficient (Wildman–Crippen LogP) is 3.06. The van der Waals surface area contributed by atoms with Crippen molar-refractivity contribution < 1.29 is 14.3 Å². The maximum atomic E-state index is 13.6. The van der Waals surface area contributed by atoms with Crippen molar-refractivity contribution >= 4 is 32.6 Å². The van der Waals surface area contributed by atoms with Gasteiger partial charge in [-0.15, -0.1) is 0 Å². The quantitative estimate of drug-likeness (QED) is 0.575. The first-order valence-corrected chi connectivity index (χ1v) is 11.0. The van der Waals surface area contributed by atoms with E-state index < -0.39 is 0 Å². The Hall–Kier alpha value is -2.49. The van der Waals surface area contributed by atoms with Crippen LogP contribution in [0.5, 0.6) is 5.75 Å². The lowest BCUT2D eigenvalue weighted by Gasteiger charge is -2.29. The molecule has 160 valence electrons. The monoisotopic (exact) mass is 429 g/mol. The van der Waals surface area contributed by atoms with Crippen LogP contribution < -0.4 is 9.64 Å². The van der Waals surface area contributed by atoms with E-state index in [1.165, 1.54) is 11.3 Å². The van der Waals surface area contributed by atoms with Crippen LogP contribution in [0.3, 0.4) is 0 Å². The number of fused-ring (bicyclic) bond motifs is 1. The summed E-state index contributed by atoms with van der Waals surface area (Å²) >= 11 is 1.52. The van der Waals surface area contributed by atoms with Crippen LogP contribution in [-0.2, 0) is 4.74 Å². The van der Waals surface area contributed by atoms with E-state index in [1.54, 1.807) is 29.0 Å². The minimum atomic E-state index is -0.0829. The number of carbonyl (C=O) groups excluding carboxylic acids is 1. The average Bonchev–Trinajstić information content (AvgIpc) is 3.41. The molecule has 4 rings (SSSR count). The van der Waals surface area contributed by atoms with E-state index in [0.717, 1.165) is 48.8 Å². The molecule has 30 heavy (non-hydrogen) atoms. The van der Waals surface area contributed by atoms with Gasteiger partial charge in [-0.05, 0) is 32.0 Å². The predicted molar refractivity (Wildman–Crippen MR) is 118 cm³/mol. The second kappa shape index (κ2) is 9.11. The van der Waals surface area contributed by atoms with Gasteiger partial charge in [0.1, 0.15) is 11.4 Å². The van der Waals surface area contributed by atoms with E-state index in [9.17, 15) is 4.79 Å². The third-order valence-electron chi connectivity index (χ3n) is 5.18. The van der Waals surface area contributed by atoms with Gasteiger partial charge >= 0.3 is 0 Å². The Labute approximate surface area is 180 Å². The Morgan fingerprint density at radius 1 is 1.30 bits per heavy atom. The molecule has 0 saturated carbocycles. The summed E-state index contributed by atoms with van der Waals surface area (Å²) < 4.78 is 13.6. The lowest BCUT2D eigenvalue weighted by Crippen LogP contribution is -2.43.